The molecule has 0 atom stereocenters. The molecule has 1 N–H and O–H groups in total. The fourth-order valence-corrected chi connectivity index (χ4v) is 5.57. The van der Waals surface area contributed by atoms with Crippen molar-refractivity contribution in [2.45, 2.75) is 44.6 Å². The van der Waals surface area contributed by atoms with Crippen LogP contribution in [-0.4, -0.2) is 26.5 Å². The predicted molar refractivity (Wildman–Crippen MR) is 98.1 cm³/mol. The third kappa shape index (κ3) is 3.96. The molecule has 2 aromatic rings. The Morgan fingerprint density at radius 1 is 1.21 bits per heavy atom. The molecule has 0 amide bonds. The first-order chi connectivity index (χ1) is 11.5. The van der Waals surface area contributed by atoms with Crippen molar-refractivity contribution in [2.24, 2.45) is 0 Å². The van der Waals surface area contributed by atoms with Crippen LogP contribution in [0.2, 0.25) is 0 Å². The van der Waals surface area contributed by atoms with Gasteiger partial charge in [0.25, 0.3) is 0 Å². The lowest BCUT2D eigenvalue weighted by Crippen LogP contribution is -2.30. The van der Waals surface area contributed by atoms with Gasteiger partial charge in [0.1, 0.15) is 5.82 Å². The number of hydrogen-bond donors (Lipinski definition) is 1. The van der Waals surface area contributed by atoms with Crippen molar-refractivity contribution in [2.75, 3.05) is 18.0 Å². The van der Waals surface area contributed by atoms with Crippen LogP contribution < -0.4 is 9.62 Å². The molecule has 1 saturated heterocycles. The van der Waals surface area contributed by atoms with Crippen LogP contribution in [0, 0.1) is 13.8 Å². The molecular formula is C17H23N3O2S2. The Kier molecular flexibility index (Phi) is 5.22. The number of nitrogens with zero attached hydrogens (tertiary/aromatic N) is 2. The van der Waals surface area contributed by atoms with Crippen LogP contribution in [0.25, 0.3) is 0 Å². The average molecular weight is 366 g/mol. The Balaban J connectivity index is 1.71. The topological polar surface area (TPSA) is 62.3 Å². The van der Waals surface area contributed by atoms with Crippen molar-refractivity contribution in [3.63, 3.8) is 0 Å². The smallest absolute Gasteiger partial charge is 0.241 e. The monoisotopic (exact) mass is 365 g/mol. The maximum absolute atomic E-state index is 12.5. The zero-order valence-corrected chi connectivity index (χ0v) is 15.7. The van der Waals surface area contributed by atoms with Gasteiger partial charge in [0, 0.05) is 35.6 Å². The molecule has 0 bridgehead atoms. The zero-order valence-electron chi connectivity index (χ0n) is 14.1. The molecule has 1 aliphatic rings. The lowest BCUT2D eigenvalue weighted by atomic mass is 10.1. The first-order valence-corrected chi connectivity index (χ1v) is 10.5. The van der Waals surface area contributed by atoms with Crippen LogP contribution in [0.15, 0.2) is 29.3 Å². The number of sulfonamides is 1. The molecule has 24 heavy (non-hydrogen) atoms. The van der Waals surface area contributed by atoms with Crippen LogP contribution in [0.5, 0.6) is 0 Å². The molecule has 0 aliphatic carbocycles. The third-order valence-electron chi connectivity index (χ3n) is 4.24. The van der Waals surface area contributed by atoms with Gasteiger partial charge in [0.15, 0.2) is 0 Å². The Bertz CT molecular complexity index is 809. The van der Waals surface area contributed by atoms with E-state index in [1.165, 1.54) is 30.6 Å². The summed E-state index contributed by atoms with van der Waals surface area (Å²) in [5.41, 5.74) is 0.929. The molecule has 130 valence electrons. The largest absolute Gasteiger partial charge is 0.357 e. The van der Waals surface area contributed by atoms with Crippen molar-refractivity contribution in [3.8, 4) is 0 Å². The van der Waals surface area contributed by atoms with E-state index in [-0.39, 0.29) is 6.54 Å². The predicted octanol–water partition coefficient (Wildman–Crippen LogP) is 3.23. The minimum Gasteiger partial charge on any atom is -0.357 e. The summed E-state index contributed by atoms with van der Waals surface area (Å²) in [5.74, 6) is 0.939. The van der Waals surface area contributed by atoms with Gasteiger partial charge in [-0.3, -0.25) is 0 Å². The highest BCUT2D eigenvalue weighted by Crippen LogP contribution is 2.25. The van der Waals surface area contributed by atoms with E-state index in [0.717, 1.165) is 34.2 Å². The highest BCUT2D eigenvalue weighted by molar-refractivity contribution is 7.89. The molecule has 0 saturated carbocycles. The second-order valence-corrected chi connectivity index (χ2v) is 9.37. The zero-order chi connectivity index (χ0) is 17.2. The second kappa shape index (κ2) is 7.21. The summed E-state index contributed by atoms with van der Waals surface area (Å²) >= 11 is 1.50. The van der Waals surface area contributed by atoms with Gasteiger partial charge in [-0.25, -0.2) is 18.1 Å². The molecule has 0 aromatic carbocycles. The summed E-state index contributed by atoms with van der Waals surface area (Å²) in [4.78, 5) is 8.92. The first kappa shape index (κ1) is 17.4. The van der Waals surface area contributed by atoms with Crippen LogP contribution in [0.4, 0.5) is 5.82 Å². The minimum atomic E-state index is -3.48. The molecule has 1 aliphatic heterocycles. The number of aryl methyl sites for hydroxylation is 2. The number of rotatable bonds is 5. The second-order valence-electron chi connectivity index (χ2n) is 6.17. The van der Waals surface area contributed by atoms with E-state index >= 15 is 0 Å². The fraction of sp³-hybridized carbons (Fsp3) is 0.471. The summed E-state index contributed by atoms with van der Waals surface area (Å²) in [6, 6.07) is 5.58. The standard InChI is InChI=1S/C17H23N3O2S2/c1-13-10-16(14(2)23-13)24(21,22)19-12-15-6-7-18-17(11-15)20-8-4-3-5-9-20/h6-7,10-11,19H,3-5,8-9,12H2,1-2H3. The lowest BCUT2D eigenvalue weighted by Gasteiger charge is -2.27. The number of nitrogens with one attached hydrogen (secondary N) is 1. The van der Waals surface area contributed by atoms with E-state index < -0.39 is 10.0 Å². The Hall–Kier alpha value is -1.44. The van der Waals surface area contributed by atoms with Gasteiger partial charge >= 0.3 is 0 Å². The van der Waals surface area contributed by atoms with Crippen molar-refractivity contribution in [1.82, 2.24) is 9.71 Å². The maximum atomic E-state index is 12.5. The van der Waals surface area contributed by atoms with Crippen molar-refractivity contribution in [3.05, 3.63) is 39.7 Å². The van der Waals surface area contributed by atoms with Gasteiger partial charge < -0.3 is 4.90 Å². The van der Waals surface area contributed by atoms with E-state index in [4.69, 9.17) is 0 Å². The van der Waals surface area contributed by atoms with Gasteiger partial charge in [-0.2, -0.15) is 0 Å². The van der Waals surface area contributed by atoms with Crippen molar-refractivity contribution in [1.29, 1.82) is 0 Å². The Morgan fingerprint density at radius 2 is 1.96 bits per heavy atom. The van der Waals surface area contributed by atoms with Gasteiger partial charge in [-0.1, -0.05) is 0 Å². The van der Waals surface area contributed by atoms with Crippen LogP contribution >= 0.6 is 11.3 Å². The summed E-state index contributed by atoms with van der Waals surface area (Å²) < 4.78 is 27.7. The number of piperidine rings is 1. The number of aromatic nitrogens is 1. The van der Waals surface area contributed by atoms with Crippen LogP contribution in [0.1, 0.15) is 34.6 Å². The number of anilines is 1. The highest BCUT2D eigenvalue weighted by atomic mass is 32.2. The van der Waals surface area contributed by atoms with E-state index in [1.54, 1.807) is 12.3 Å². The molecule has 0 radical (unpaired) electrons. The van der Waals surface area contributed by atoms with E-state index in [9.17, 15) is 8.42 Å². The van der Waals surface area contributed by atoms with Crippen LogP contribution in [0.3, 0.4) is 0 Å². The molecule has 2 aromatic heterocycles. The molecule has 5 nitrogen and oxygen atoms in total. The highest BCUT2D eigenvalue weighted by Gasteiger charge is 2.19. The summed E-state index contributed by atoms with van der Waals surface area (Å²) in [6.45, 7) is 6.09. The number of hydrogen-bond acceptors (Lipinski definition) is 5. The van der Waals surface area contributed by atoms with Gasteiger partial charge in [0.2, 0.25) is 10.0 Å². The molecule has 3 rings (SSSR count). The number of thiophene rings is 1. The minimum absolute atomic E-state index is 0.278. The quantitative estimate of drug-likeness (QED) is 0.884. The van der Waals surface area contributed by atoms with Crippen molar-refractivity contribution >= 4 is 27.2 Å². The van der Waals surface area contributed by atoms with Gasteiger partial charge in [0.05, 0.1) is 4.90 Å². The maximum Gasteiger partial charge on any atom is 0.241 e. The summed E-state index contributed by atoms with van der Waals surface area (Å²) in [7, 11) is -3.48. The Morgan fingerprint density at radius 3 is 2.62 bits per heavy atom. The molecule has 0 spiro atoms. The number of pyridine rings is 1. The fourth-order valence-electron chi connectivity index (χ4n) is 3.00. The lowest BCUT2D eigenvalue weighted by molar-refractivity contribution is 0.572. The van der Waals surface area contributed by atoms with E-state index in [1.807, 2.05) is 26.0 Å². The van der Waals surface area contributed by atoms with E-state index in [0.29, 0.717) is 4.90 Å². The van der Waals surface area contributed by atoms with Crippen LogP contribution in [-0.2, 0) is 16.6 Å². The van der Waals surface area contributed by atoms with Gasteiger partial charge in [-0.05, 0) is 56.9 Å². The third-order valence-corrected chi connectivity index (χ3v) is 6.86. The summed E-state index contributed by atoms with van der Waals surface area (Å²) in [6.07, 6.45) is 5.41. The molecule has 1 fully saturated rings. The van der Waals surface area contributed by atoms with E-state index in [2.05, 4.69) is 14.6 Å². The SMILES string of the molecule is Cc1cc(S(=O)(=O)NCc2ccnc(N3CCCCC3)c2)c(C)s1. The average Bonchev–Trinajstić information content (AvgIpc) is 2.93. The molecular weight excluding hydrogens is 342 g/mol. The van der Waals surface area contributed by atoms with Gasteiger partial charge in [-0.15, -0.1) is 11.3 Å². The molecule has 0 unspecified atom stereocenters. The normalized spacial score (nSPS) is 15.7. The Labute approximate surface area is 147 Å². The molecule has 3 heterocycles. The first-order valence-electron chi connectivity index (χ1n) is 8.22. The summed E-state index contributed by atoms with van der Waals surface area (Å²) in [5, 5.41) is 0. The molecule has 7 heteroatoms. The van der Waals surface area contributed by atoms with Crippen molar-refractivity contribution < 1.29 is 8.42 Å².